The highest BCUT2D eigenvalue weighted by Gasteiger charge is 2.51. The fourth-order valence-corrected chi connectivity index (χ4v) is 9.54. The van der Waals surface area contributed by atoms with Gasteiger partial charge in [0.15, 0.2) is 0 Å². The molecule has 2 heterocycles. The molecule has 1 aliphatic heterocycles. The summed E-state index contributed by atoms with van der Waals surface area (Å²) in [4.78, 5) is 8.57. The van der Waals surface area contributed by atoms with Crippen molar-refractivity contribution in [1.82, 2.24) is 9.97 Å². The van der Waals surface area contributed by atoms with Crippen LogP contribution in [0.5, 0.6) is 0 Å². The molecule has 4 heteroatoms. The van der Waals surface area contributed by atoms with Crippen molar-refractivity contribution in [1.29, 1.82) is 0 Å². The SMILES string of the molecule is CC(C)(C)[Si]1(O[C@@H](Cc2ccncn2)c2ccccc2)CCCc2ccccc21. The Hall–Kier alpha value is -2.30. The Kier molecular flexibility index (Phi) is 5.66. The molecule has 0 fully saturated rings. The van der Waals surface area contributed by atoms with E-state index in [-0.39, 0.29) is 11.1 Å². The molecular formula is C25H30N2OSi. The van der Waals surface area contributed by atoms with Gasteiger partial charge in [0, 0.05) is 18.3 Å². The molecule has 150 valence electrons. The lowest BCUT2D eigenvalue weighted by atomic mass is 10.1. The van der Waals surface area contributed by atoms with Gasteiger partial charge in [-0.3, -0.25) is 0 Å². The molecule has 3 nitrogen and oxygen atoms in total. The van der Waals surface area contributed by atoms with Crippen molar-refractivity contribution in [3.63, 3.8) is 0 Å². The maximum Gasteiger partial charge on any atom is 0.230 e. The van der Waals surface area contributed by atoms with E-state index in [1.807, 2.05) is 12.3 Å². The van der Waals surface area contributed by atoms with Crippen molar-refractivity contribution < 1.29 is 4.43 Å². The number of hydrogen-bond acceptors (Lipinski definition) is 3. The summed E-state index contributed by atoms with van der Waals surface area (Å²) in [6.45, 7) is 7.11. The lowest BCUT2D eigenvalue weighted by Gasteiger charge is -2.48. The first kappa shape index (κ1) is 20.0. The summed E-state index contributed by atoms with van der Waals surface area (Å²) in [6, 6.07) is 22.8. The van der Waals surface area contributed by atoms with Crippen LogP contribution in [0.25, 0.3) is 0 Å². The second kappa shape index (κ2) is 8.21. The van der Waals surface area contributed by atoms with Crippen LogP contribution in [0, 0.1) is 0 Å². The summed E-state index contributed by atoms with van der Waals surface area (Å²) in [7, 11) is -2.25. The lowest BCUT2D eigenvalue weighted by Crippen LogP contribution is -2.61. The summed E-state index contributed by atoms with van der Waals surface area (Å²) in [5.41, 5.74) is 3.73. The molecule has 2 aromatic carbocycles. The Bertz CT molecular complexity index is 940. The van der Waals surface area contributed by atoms with Crippen LogP contribution < -0.4 is 5.19 Å². The van der Waals surface area contributed by atoms with Crippen LogP contribution in [-0.4, -0.2) is 18.3 Å². The maximum absolute atomic E-state index is 7.34. The van der Waals surface area contributed by atoms with E-state index in [9.17, 15) is 0 Å². The van der Waals surface area contributed by atoms with Crippen LogP contribution in [-0.2, 0) is 17.3 Å². The van der Waals surface area contributed by atoms with Crippen molar-refractivity contribution in [3.05, 3.63) is 90.0 Å². The Morgan fingerprint density at radius 2 is 1.76 bits per heavy atom. The van der Waals surface area contributed by atoms with Crippen LogP contribution in [0.4, 0.5) is 0 Å². The van der Waals surface area contributed by atoms with Gasteiger partial charge in [-0.2, -0.15) is 0 Å². The number of rotatable bonds is 5. The van der Waals surface area contributed by atoms with E-state index in [4.69, 9.17) is 4.43 Å². The molecular weight excluding hydrogens is 372 g/mol. The van der Waals surface area contributed by atoms with Crippen LogP contribution in [0.2, 0.25) is 11.1 Å². The predicted molar refractivity (Wildman–Crippen MR) is 121 cm³/mol. The topological polar surface area (TPSA) is 35.0 Å². The van der Waals surface area contributed by atoms with Gasteiger partial charge in [0.05, 0.1) is 6.10 Å². The van der Waals surface area contributed by atoms with Crippen molar-refractivity contribution in [3.8, 4) is 0 Å². The van der Waals surface area contributed by atoms with Crippen LogP contribution in [0.3, 0.4) is 0 Å². The maximum atomic E-state index is 7.34. The molecule has 0 saturated heterocycles. The molecule has 1 aliphatic rings. The number of aromatic nitrogens is 2. The summed E-state index contributed by atoms with van der Waals surface area (Å²) >= 11 is 0. The summed E-state index contributed by atoms with van der Waals surface area (Å²) in [5, 5.41) is 1.59. The minimum absolute atomic E-state index is 0.0110. The first-order chi connectivity index (χ1) is 14.0. The zero-order chi connectivity index (χ0) is 20.3. The number of nitrogens with zero attached hydrogens (tertiary/aromatic N) is 2. The Morgan fingerprint density at radius 1 is 1.00 bits per heavy atom. The standard InChI is InChI=1S/C25H30N2OSi/c1-25(2,3)29(17-9-13-21-12-7-8-14-24(21)29)28-23(20-10-5-4-6-11-20)18-22-15-16-26-19-27-22/h4-8,10-12,14-16,19,23H,9,13,17-18H2,1-3H3/t23-,29?/m0/s1. The average molecular weight is 403 g/mol. The second-order valence-corrected chi connectivity index (χ2v) is 13.4. The smallest absolute Gasteiger partial charge is 0.230 e. The Labute approximate surface area is 175 Å². The van der Waals surface area contributed by atoms with Gasteiger partial charge in [0.2, 0.25) is 8.32 Å². The first-order valence-electron chi connectivity index (χ1n) is 10.6. The third-order valence-corrected chi connectivity index (χ3v) is 11.7. The molecule has 4 rings (SSSR count). The molecule has 3 aromatic rings. The third kappa shape index (κ3) is 4.05. The van der Waals surface area contributed by atoms with Gasteiger partial charge >= 0.3 is 0 Å². The normalized spacial score (nSPS) is 20.1. The molecule has 0 spiro atoms. The summed E-state index contributed by atoms with van der Waals surface area (Å²) < 4.78 is 7.34. The van der Waals surface area contributed by atoms with Crippen molar-refractivity contribution >= 4 is 13.5 Å². The molecule has 0 amide bonds. The van der Waals surface area contributed by atoms with Gasteiger partial charge in [0.1, 0.15) is 6.33 Å². The molecule has 0 saturated carbocycles. The summed E-state index contributed by atoms with van der Waals surface area (Å²) in [5.74, 6) is 0. The first-order valence-corrected chi connectivity index (χ1v) is 12.7. The lowest BCUT2D eigenvalue weighted by molar-refractivity contribution is 0.181. The monoisotopic (exact) mass is 402 g/mol. The zero-order valence-electron chi connectivity index (χ0n) is 17.6. The number of aryl methyl sites for hydroxylation is 1. The average Bonchev–Trinajstić information content (AvgIpc) is 2.74. The molecule has 29 heavy (non-hydrogen) atoms. The molecule has 1 aromatic heterocycles. The third-order valence-electron chi connectivity index (χ3n) is 6.19. The Balaban J connectivity index is 1.78. The number of fused-ring (bicyclic) bond motifs is 1. The fraction of sp³-hybridized carbons (Fsp3) is 0.360. The van der Waals surface area contributed by atoms with E-state index in [2.05, 4.69) is 85.3 Å². The van der Waals surface area contributed by atoms with E-state index in [0.717, 1.165) is 18.5 Å². The van der Waals surface area contributed by atoms with Crippen molar-refractivity contribution in [2.45, 2.75) is 57.2 Å². The van der Waals surface area contributed by atoms with Crippen molar-refractivity contribution in [2.75, 3.05) is 0 Å². The fourth-order valence-electron chi connectivity index (χ4n) is 4.64. The van der Waals surface area contributed by atoms with Crippen LogP contribution >= 0.6 is 0 Å². The highest BCUT2D eigenvalue weighted by atomic mass is 28.4. The molecule has 0 aliphatic carbocycles. The predicted octanol–water partition coefficient (Wildman–Crippen LogP) is 5.38. The van der Waals surface area contributed by atoms with Gasteiger partial charge in [-0.1, -0.05) is 75.4 Å². The van der Waals surface area contributed by atoms with Gasteiger partial charge in [-0.15, -0.1) is 0 Å². The minimum Gasteiger partial charge on any atom is -0.405 e. The van der Waals surface area contributed by atoms with Gasteiger partial charge in [0.25, 0.3) is 0 Å². The molecule has 0 bridgehead atoms. The van der Waals surface area contributed by atoms with Gasteiger partial charge < -0.3 is 4.43 Å². The van der Waals surface area contributed by atoms with E-state index in [1.54, 1.807) is 6.33 Å². The van der Waals surface area contributed by atoms with Crippen LogP contribution in [0.15, 0.2) is 73.2 Å². The van der Waals surface area contributed by atoms with E-state index < -0.39 is 8.32 Å². The van der Waals surface area contributed by atoms with E-state index in [0.29, 0.717) is 0 Å². The van der Waals surface area contributed by atoms with Gasteiger partial charge in [-0.25, -0.2) is 9.97 Å². The van der Waals surface area contributed by atoms with Gasteiger partial charge in [-0.05, 0) is 46.3 Å². The molecule has 2 atom stereocenters. The van der Waals surface area contributed by atoms with E-state index >= 15 is 0 Å². The highest BCUT2D eigenvalue weighted by molar-refractivity contribution is 6.89. The summed E-state index contributed by atoms with van der Waals surface area (Å²) in [6.07, 6.45) is 6.56. The van der Waals surface area contributed by atoms with Crippen molar-refractivity contribution in [2.24, 2.45) is 0 Å². The molecule has 1 unspecified atom stereocenters. The number of benzene rings is 2. The van der Waals surface area contributed by atoms with E-state index in [1.165, 1.54) is 28.8 Å². The number of hydrogen-bond donors (Lipinski definition) is 0. The Morgan fingerprint density at radius 3 is 2.48 bits per heavy atom. The van der Waals surface area contributed by atoms with Crippen LogP contribution in [0.1, 0.15) is 50.1 Å². The minimum atomic E-state index is -2.25. The second-order valence-electron chi connectivity index (χ2n) is 9.01. The zero-order valence-corrected chi connectivity index (χ0v) is 18.6. The molecule has 0 N–H and O–H groups in total. The quantitative estimate of drug-likeness (QED) is 0.538. The highest BCUT2D eigenvalue weighted by Crippen LogP contribution is 2.45. The molecule has 0 radical (unpaired) electrons. The largest absolute Gasteiger partial charge is 0.405 e.